The van der Waals surface area contributed by atoms with E-state index in [9.17, 15) is 9.59 Å². The molecule has 3 heteroatoms. The van der Waals surface area contributed by atoms with Gasteiger partial charge in [-0.05, 0) is 38.0 Å². The van der Waals surface area contributed by atoms with Gasteiger partial charge in [-0.2, -0.15) is 0 Å². The van der Waals surface area contributed by atoms with Crippen LogP contribution in [0.15, 0.2) is 23.1 Å². The molecule has 2 rings (SSSR count). The summed E-state index contributed by atoms with van der Waals surface area (Å²) in [7, 11) is 0. The molecule has 82 valence electrons. The van der Waals surface area contributed by atoms with Crippen LogP contribution in [0.5, 0.6) is 0 Å². The van der Waals surface area contributed by atoms with E-state index in [0.717, 1.165) is 16.6 Å². The number of fused-ring (bicyclic) bond motifs is 1. The summed E-state index contributed by atoms with van der Waals surface area (Å²) in [6.45, 7) is 5.28. The van der Waals surface area contributed by atoms with Crippen LogP contribution < -0.4 is 5.43 Å². The minimum atomic E-state index is -0.206. The number of hydrogen-bond acceptors (Lipinski definition) is 2. The molecule has 2 aromatic rings. The third-order valence-electron chi connectivity index (χ3n) is 2.71. The molecule has 0 bridgehead atoms. The summed E-state index contributed by atoms with van der Waals surface area (Å²) in [5.74, 6) is -0.206. The third-order valence-corrected chi connectivity index (χ3v) is 2.71. The normalized spacial score (nSPS) is 10.7. The molecular formula is C13H13NO2. The van der Waals surface area contributed by atoms with E-state index >= 15 is 0 Å². The monoisotopic (exact) mass is 215 g/mol. The number of carbonyl (C=O) groups excluding carboxylic acids is 1. The minimum absolute atomic E-state index is 0.187. The standard InChI is InChI=1S/C13H13NO2/c1-7-4-8(2)12-10(5-7)13(16)11(6-14-12)9(3)15/h4-6H,1-3H3,(H,14,16). The van der Waals surface area contributed by atoms with Crippen molar-refractivity contribution in [3.05, 3.63) is 45.2 Å². The van der Waals surface area contributed by atoms with Gasteiger partial charge in [-0.3, -0.25) is 9.59 Å². The Morgan fingerprint density at radius 1 is 1.25 bits per heavy atom. The molecule has 3 nitrogen and oxygen atoms in total. The zero-order valence-electron chi connectivity index (χ0n) is 9.55. The van der Waals surface area contributed by atoms with Gasteiger partial charge in [0.15, 0.2) is 11.2 Å². The SMILES string of the molecule is CC(=O)c1c[nH]c2c(C)cc(C)cc2c1=O. The minimum Gasteiger partial charge on any atom is -0.360 e. The number of aromatic amines is 1. The largest absolute Gasteiger partial charge is 0.360 e. The number of benzene rings is 1. The summed E-state index contributed by atoms with van der Waals surface area (Å²) in [5.41, 5.74) is 2.88. The fourth-order valence-electron chi connectivity index (χ4n) is 1.95. The molecule has 0 amide bonds. The van der Waals surface area contributed by atoms with Gasteiger partial charge in [-0.25, -0.2) is 0 Å². The van der Waals surface area contributed by atoms with Crippen LogP contribution in [0.1, 0.15) is 28.4 Å². The number of aromatic nitrogens is 1. The molecule has 16 heavy (non-hydrogen) atoms. The van der Waals surface area contributed by atoms with Gasteiger partial charge in [0.05, 0.1) is 11.1 Å². The maximum Gasteiger partial charge on any atom is 0.200 e. The van der Waals surface area contributed by atoms with Gasteiger partial charge >= 0.3 is 0 Å². The lowest BCUT2D eigenvalue weighted by Crippen LogP contribution is -2.14. The zero-order chi connectivity index (χ0) is 11.9. The van der Waals surface area contributed by atoms with Crippen molar-refractivity contribution in [3.8, 4) is 0 Å². The van der Waals surface area contributed by atoms with Gasteiger partial charge in [-0.15, -0.1) is 0 Å². The van der Waals surface area contributed by atoms with Crippen LogP contribution in [0.4, 0.5) is 0 Å². The Morgan fingerprint density at radius 3 is 2.56 bits per heavy atom. The molecule has 0 aliphatic rings. The molecule has 1 N–H and O–H groups in total. The van der Waals surface area contributed by atoms with E-state index in [1.54, 1.807) is 0 Å². The smallest absolute Gasteiger partial charge is 0.200 e. The Kier molecular flexibility index (Phi) is 2.38. The van der Waals surface area contributed by atoms with Crippen molar-refractivity contribution in [2.24, 2.45) is 0 Å². The Labute approximate surface area is 93.1 Å². The van der Waals surface area contributed by atoms with Crippen LogP contribution in [-0.4, -0.2) is 10.8 Å². The molecule has 0 saturated carbocycles. The molecule has 0 spiro atoms. The third kappa shape index (κ3) is 1.54. The van der Waals surface area contributed by atoms with Gasteiger partial charge in [0.2, 0.25) is 0 Å². The number of H-pyrrole nitrogens is 1. The number of hydrogen-bond donors (Lipinski definition) is 1. The Morgan fingerprint density at radius 2 is 1.94 bits per heavy atom. The van der Waals surface area contributed by atoms with Crippen molar-refractivity contribution in [1.29, 1.82) is 0 Å². The number of ketones is 1. The first-order valence-corrected chi connectivity index (χ1v) is 5.14. The van der Waals surface area contributed by atoms with Crippen molar-refractivity contribution in [2.75, 3.05) is 0 Å². The number of aryl methyl sites for hydroxylation is 2. The van der Waals surface area contributed by atoms with E-state index < -0.39 is 0 Å². The lowest BCUT2D eigenvalue weighted by Gasteiger charge is -2.05. The maximum atomic E-state index is 12.0. The van der Waals surface area contributed by atoms with Gasteiger partial charge in [0.1, 0.15) is 0 Å². The van der Waals surface area contributed by atoms with E-state index in [-0.39, 0.29) is 16.8 Å². The molecular weight excluding hydrogens is 202 g/mol. The molecule has 1 heterocycles. The summed E-state index contributed by atoms with van der Waals surface area (Å²) in [4.78, 5) is 26.3. The van der Waals surface area contributed by atoms with Crippen molar-refractivity contribution >= 4 is 16.7 Å². The quantitative estimate of drug-likeness (QED) is 0.742. The predicted molar refractivity (Wildman–Crippen MR) is 64.0 cm³/mol. The summed E-state index contributed by atoms with van der Waals surface area (Å²) in [6, 6.07) is 3.82. The first-order chi connectivity index (χ1) is 7.50. The number of carbonyl (C=O) groups is 1. The highest BCUT2D eigenvalue weighted by atomic mass is 16.1. The van der Waals surface area contributed by atoms with Gasteiger partial charge < -0.3 is 4.98 Å². The highest BCUT2D eigenvalue weighted by Gasteiger charge is 2.10. The van der Waals surface area contributed by atoms with E-state index in [1.165, 1.54) is 13.1 Å². The number of Topliss-reactive ketones (excluding diaryl/α,β-unsaturated/α-hetero) is 1. The molecule has 0 aliphatic heterocycles. The van der Waals surface area contributed by atoms with Gasteiger partial charge in [0, 0.05) is 11.6 Å². The van der Waals surface area contributed by atoms with Crippen molar-refractivity contribution in [3.63, 3.8) is 0 Å². The first kappa shape index (κ1) is 10.6. The Bertz CT molecular complexity index is 638. The van der Waals surface area contributed by atoms with E-state index in [1.807, 2.05) is 26.0 Å². The fourth-order valence-corrected chi connectivity index (χ4v) is 1.95. The van der Waals surface area contributed by atoms with Crippen LogP contribution in [0, 0.1) is 13.8 Å². The van der Waals surface area contributed by atoms with Crippen LogP contribution in [0.2, 0.25) is 0 Å². The summed E-state index contributed by atoms with van der Waals surface area (Å²) >= 11 is 0. The molecule has 0 radical (unpaired) electrons. The molecule has 0 atom stereocenters. The van der Waals surface area contributed by atoms with Crippen LogP contribution in [-0.2, 0) is 0 Å². The van der Waals surface area contributed by atoms with Crippen LogP contribution >= 0.6 is 0 Å². The second-order valence-electron chi connectivity index (χ2n) is 4.09. The molecule has 0 fully saturated rings. The van der Waals surface area contributed by atoms with Crippen molar-refractivity contribution < 1.29 is 4.79 Å². The van der Waals surface area contributed by atoms with E-state index in [2.05, 4.69) is 4.98 Å². The Hall–Kier alpha value is -1.90. The summed E-state index contributed by atoms with van der Waals surface area (Å²) < 4.78 is 0. The highest BCUT2D eigenvalue weighted by Crippen LogP contribution is 2.15. The predicted octanol–water partition coefficient (Wildman–Crippen LogP) is 2.35. The van der Waals surface area contributed by atoms with Gasteiger partial charge in [-0.1, -0.05) is 6.07 Å². The average Bonchev–Trinajstić information content (AvgIpc) is 2.19. The van der Waals surface area contributed by atoms with Crippen LogP contribution in [0.25, 0.3) is 10.9 Å². The number of pyridine rings is 1. The average molecular weight is 215 g/mol. The zero-order valence-corrected chi connectivity index (χ0v) is 9.55. The molecule has 0 aliphatic carbocycles. The summed E-state index contributed by atoms with van der Waals surface area (Å²) in [6.07, 6.45) is 1.50. The first-order valence-electron chi connectivity index (χ1n) is 5.14. The lowest BCUT2D eigenvalue weighted by molar-refractivity contribution is 0.101. The molecule has 1 aromatic heterocycles. The highest BCUT2D eigenvalue weighted by molar-refractivity contribution is 5.97. The number of nitrogens with one attached hydrogen (secondary N) is 1. The fraction of sp³-hybridized carbons (Fsp3) is 0.231. The number of rotatable bonds is 1. The van der Waals surface area contributed by atoms with E-state index in [0.29, 0.717) is 5.39 Å². The summed E-state index contributed by atoms with van der Waals surface area (Å²) in [5, 5.41) is 0.588. The van der Waals surface area contributed by atoms with Crippen molar-refractivity contribution in [2.45, 2.75) is 20.8 Å². The molecule has 1 aromatic carbocycles. The second-order valence-corrected chi connectivity index (χ2v) is 4.09. The van der Waals surface area contributed by atoms with Crippen molar-refractivity contribution in [1.82, 2.24) is 4.98 Å². The molecule has 0 unspecified atom stereocenters. The Balaban J connectivity index is 2.95. The van der Waals surface area contributed by atoms with Crippen LogP contribution in [0.3, 0.4) is 0 Å². The topological polar surface area (TPSA) is 49.9 Å². The molecule has 0 saturated heterocycles. The van der Waals surface area contributed by atoms with E-state index in [4.69, 9.17) is 0 Å². The lowest BCUT2D eigenvalue weighted by atomic mass is 10.0. The van der Waals surface area contributed by atoms with Gasteiger partial charge in [0.25, 0.3) is 0 Å². The second kappa shape index (κ2) is 3.59. The maximum absolute atomic E-state index is 12.0.